The van der Waals surface area contributed by atoms with Crippen molar-refractivity contribution < 1.29 is 9.90 Å². The van der Waals surface area contributed by atoms with E-state index in [1.54, 1.807) is 36.4 Å². The fourth-order valence-corrected chi connectivity index (χ4v) is 2.00. The first kappa shape index (κ1) is 13.9. The molecule has 0 aliphatic heterocycles. The lowest BCUT2D eigenvalue weighted by atomic mass is 10.1. The molecule has 4 nitrogen and oxygen atoms in total. The number of nitrogen functional groups attached to an aromatic ring is 1. The van der Waals surface area contributed by atoms with Gasteiger partial charge in [0, 0.05) is 11.3 Å². The van der Waals surface area contributed by atoms with E-state index in [9.17, 15) is 9.90 Å². The molecule has 0 spiro atoms. The number of aryl methyl sites for hydroxylation is 1. The normalized spacial score (nSPS) is 10.2. The maximum Gasteiger partial charge on any atom is 0.255 e. The van der Waals surface area contributed by atoms with Gasteiger partial charge in [-0.05, 0) is 42.3 Å². The second-order valence-corrected chi connectivity index (χ2v) is 4.68. The number of phenols is 1. The molecule has 0 unspecified atom stereocenters. The summed E-state index contributed by atoms with van der Waals surface area (Å²) < 4.78 is 0. The first-order chi connectivity index (χ1) is 9.60. The Bertz CT molecular complexity index is 624. The zero-order valence-corrected chi connectivity index (χ0v) is 11.4. The minimum absolute atomic E-state index is 0.0770. The number of nitrogens with one attached hydrogen (secondary N) is 1. The average molecular weight is 270 g/mol. The third-order valence-corrected chi connectivity index (χ3v) is 3.00. The largest absolute Gasteiger partial charge is 0.506 e. The highest BCUT2D eigenvalue weighted by Gasteiger charge is 2.09. The molecule has 104 valence electrons. The molecule has 4 heteroatoms. The van der Waals surface area contributed by atoms with Crippen LogP contribution in [0.1, 0.15) is 29.3 Å². The van der Waals surface area contributed by atoms with E-state index in [0.29, 0.717) is 16.9 Å². The van der Waals surface area contributed by atoms with Gasteiger partial charge >= 0.3 is 0 Å². The highest BCUT2D eigenvalue weighted by atomic mass is 16.3. The van der Waals surface area contributed by atoms with Crippen LogP contribution in [-0.2, 0) is 6.42 Å². The molecule has 0 atom stereocenters. The Labute approximate surface area is 118 Å². The Kier molecular flexibility index (Phi) is 4.25. The minimum atomic E-state index is -0.296. The molecule has 0 saturated heterocycles. The number of rotatable bonds is 4. The van der Waals surface area contributed by atoms with Gasteiger partial charge in [0.1, 0.15) is 5.75 Å². The summed E-state index contributed by atoms with van der Waals surface area (Å²) >= 11 is 0. The third kappa shape index (κ3) is 3.29. The van der Waals surface area contributed by atoms with Crippen molar-refractivity contribution >= 4 is 17.3 Å². The van der Waals surface area contributed by atoms with Gasteiger partial charge in [0.05, 0.1) is 5.69 Å². The van der Waals surface area contributed by atoms with Crippen LogP contribution in [0.4, 0.5) is 11.4 Å². The van der Waals surface area contributed by atoms with Gasteiger partial charge in [0.15, 0.2) is 0 Å². The van der Waals surface area contributed by atoms with Crippen molar-refractivity contribution in [3.8, 4) is 5.75 Å². The second kappa shape index (κ2) is 6.10. The molecule has 0 aliphatic carbocycles. The Morgan fingerprint density at radius 1 is 1.25 bits per heavy atom. The molecule has 2 rings (SSSR count). The number of hydrogen-bond acceptors (Lipinski definition) is 3. The van der Waals surface area contributed by atoms with Gasteiger partial charge in [0.25, 0.3) is 5.91 Å². The van der Waals surface area contributed by atoms with Crippen molar-refractivity contribution in [2.75, 3.05) is 11.1 Å². The molecule has 0 heterocycles. The predicted octanol–water partition coefficient (Wildman–Crippen LogP) is 3.18. The fraction of sp³-hybridized carbons (Fsp3) is 0.188. The lowest BCUT2D eigenvalue weighted by molar-refractivity contribution is 0.102. The molecule has 0 aliphatic rings. The first-order valence-corrected chi connectivity index (χ1v) is 6.59. The van der Waals surface area contributed by atoms with Gasteiger partial charge in [-0.15, -0.1) is 0 Å². The van der Waals surface area contributed by atoms with Crippen LogP contribution in [0.25, 0.3) is 0 Å². The van der Waals surface area contributed by atoms with E-state index in [4.69, 9.17) is 5.73 Å². The maximum absolute atomic E-state index is 12.1. The van der Waals surface area contributed by atoms with E-state index in [1.807, 2.05) is 6.07 Å². The van der Waals surface area contributed by atoms with Crippen LogP contribution in [0.3, 0.4) is 0 Å². The maximum atomic E-state index is 12.1. The minimum Gasteiger partial charge on any atom is -0.506 e. The van der Waals surface area contributed by atoms with E-state index >= 15 is 0 Å². The summed E-state index contributed by atoms with van der Waals surface area (Å²) in [4.78, 5) is 12.1. The number of benzene rings is 2. The average Bonchev–Trinajstić information content (AvgIpc) is 2.42. The number of amides is 1. The Morgan fingerprint density at radius 2 is 2.05 bits per heavy atom. The SMILES string of the molecule is CCCc1ccc(NC(=O)c2cccc(N)c2)c(O)c1. The molecule has 0 bridgehead atoms. The van der Waals surface area contributed by atoms with Crippen LogP contribution < -0.4 is 11.1 Å². The third-order valence-electron chi connectivity index (χ3n) is 3.00. The van der Waals surface area contributed by atoms with E-state index in [0.717, 1.165) is 18.4 Å². The van der Waals surface area contributed by atoms with Gasteiger partial charge in [-0.2, -0.15) is 0 Å². The Hall–Kier alpha value is -2.49. The molecule has 4 N–H and O–H groups in total. The predicted molar refractivity (Wildman–Crippen MR) is 80.9 cm³/mol. The van der Waals surface area contributed by atoms with Gasteiger partial charge in [-0.25, -0.2) is 0 Å². The van der Waals surface area contributed by atoms with Gasteiger partial charge in [0.2, 0.25) is 0 Å². The fourth-order valence-electron chi connectivity index (χ4n) is 2.00. The van der Waals surface area contributed by atoms with E-state index in [1.165, 1.54) is 0 Å². The molecule has 0 fully saturated rings. The van der Waals surface area contributed by atoms with Crippen molar-refractivity contribution in [1.29, 1.82) is 0 Å². The lowest BCUT2D eigenvalue weighted by Gasteiger charge is -2.09. The highest BCUT2D eigenvalue weighted by Crippen LogP contribution is 2.25. The van der Waals surface area contributed by atoms with Crippen molar-refractivity contribution in [1.82, 2.24) is 0 Å². The molecule has 2 aromatic rings. The number of nitrogens with two attached hydrogens (primary N) is 1. The number of carbonyl (C=O) groups is 1. The Morgan fingerprint density at radius 3 is 2.70 bits per heavy atom. The molecule has 0 radical (unpaired) electrons. The quantitative estimate of drug-likeness (QED) is 0.590. The molecule has 0 aromatic heterocycles. The van der Waals surface area contributed by atoms with Crippen molar-refractivity contribution in [2.24, 2.45) is 0 Å². The first-order valence-electron chi connectivity index (χ1n) is 6.59. The van der Waals surface area contributed by atoms with Crippen molar-refractivity contribution in [2.45, 2.75) is 19.8 Å². The van der Waals surface area contributed by atoms with Crippen molar-refractivity contribution in [3.05, 3.63) is 53.6 Å². The summed E-state index contributed by atoms with van der Waals surface area (Å²) in [5.41, 5.74) is 8.08. The van der Waals surface area contributed by atoms with E-state index in [2.05, 4.69) is 12.2 Å². The van der Waals surface area contributed by atoms with Crippen LogP contribution >= 0.6 is 0 Å². The summed E-state index contributed by atoms with van der Waals surface area (Å²) in [6.07, 6.45) is 1.91. The summed E-state index contributed by atoms with van der Waals surface area (Å²) in [7, 11) is 0. The molecular formula is C16H18N2O2. The standard InChI is InChI=1S/C16H18N2O2/c1-2-4-11-7-8-14(15(19)9-11)18-16(20)12-5-3-6-13(17)10-12/h3,5-10,19H,2,4,17H2,1H3,(H,18,20). The molecule has 20 heavy (non-hydrogen) atoms. The highest BCUT2D eigenvalue weighted by molar-refractivity contribution is 6.05. The number of phenolic OH excluding ortho intramolecular Hbond substituents is 1. The molecule has 0 saturated carbocycles. The lowest BCUT2D eigenvalue weighted by Crippen LogP contribution is -2.12. The summed E-state index contributed by atoms with van der Waals surface area (Å²) in [5, 5.41) is 12.6. The second-order valence-electron chi connectivity index (χ2n) is 4.68. The zero-order valence-electron chi connectivity index (χ0n) is 11.4. The van der Waals surface area contributed by atoms with Crippen LogP contribution in [0, 0.1) is 0 Å². The monoisotopic (exact) mass is 270 g/mol. The van der Waals surface area contributed by atoms with E-state index in [-0.39, 0.29) is 11.7 Å². The van der Waals surface area contributed by atoms with Crippen LogP contribution in [-0.4, -0.2) is 11.0 Å². The summed E-state index contributed by atoms with van der Waals surface area (Å²) in [6.45, 7) is 2.08. The van der Waals surface area contributed by atoms with Crippen LogP contribution in [0.5, 0.6) is 5.75 Å². The van der Waals surface area contributed by atoms with Crippen molar-refractivity contribution in [3.63, 3.8) is 0 Å². The molecule has 1 amide bonds. The molecule has 2 aromatic carbocycles. The van der Waals surface area contributed by atoms with Crippen LogP contribution in [0.2, 0.25) is 0 Å². The number of anilines is 2. The van der Waals surface area contributed by atoms with E-state index < -0.39 is 0 Å². The van der Waals surface area contributed by atoms with Gasteiger partial charge < -0.3 is 16.2 Å². The zero-order chi connectivity index (χ0) is 14.5. The topological polar surface area (TPSA) is 75.4 Å². The Balaban J connectivity index is 2.15. The van der Waals surface area contributed by atoms with Gasteiger partial charge in [-0.3, -0.25) is 4.79 Å². The number of aromatic hydroxyl groups is 1. The molecular weight excluding hydrogens is 252 g/mol. The smallest absolute Gasteiger partial charge is 0.255 e. The van der Waals surface area contributed by atoms with Crippen LogP contribution in [0.15, 0.2) is 42.5 Å². The summed E-state index contributed by atoms with van der Waals surface area (Å²) in [5.74, 6) is -0.218. The number of carbonyl (C=O) groups excluding carboxylic acids is 1. The number of hydrogen-bond donors (Lipinski definition) is 3. The summed E-state index contributed by atoms with van der Waals surface area (Å²) in [6, 6.07) is 12.0. The van der Waals surface area contributed by atoms with Gasteiger partial charge in [-0.1, -0.05) is 25.5 Å².